The van der Waals surface area contributed by atoms with Crippen LogP contribution in [0.5, 0.6) is 0 Å². The lowest BCUT2D eigenvalue weighted by molar-refractivity contribution is -0.127. The van der Waals surface area contributed by atoms with Gasteiger partial charge in [-0.2, -0.15) is 4.98 Å². The van der Waals surface area contributed by atoms with Crippen molar-refractivity contribution in [1.29, 1.82) is 0 Å². The number of amides is 1. The number of hydrogen-bond donors (Lipinski definition) is 2. The van der Waals surface area contributed by atoms with Crippen molar-refractivity contribution in [3.63, 3.8) is 0 Å². The number of likely N-dealkylation sites (tertiary alicyclic amines) is 2. The maximum Gasteiger partial charge on any atom is 0.228 e. The summed E-state index contributed by atoms with van der Waals surface area (Å²) in [5.74, 6) is 3.43. The number of allylic oxidation sites excluding steroid dienone is 2. The van der Waals surface area contributed by atoms with Gasteiger partial charge in [-0.3, -0.25) is 4.79 Å². The van der Waals surface area contributed by atoms with Crippen LogP contribution in [0, 0.1) is 11.8 Å². The summed E-state index contributed by atoms with van der Waals surface area (Å²) in [7, 11) is 0. The Morgan fingerprint density at radius 1 is 1.24 bits per heavy atom. The number of aromatic nitrogens is 2. The van der Waals surface area contributed by atoms with Crippen LogP contribution < -0.4 is 10.6 Å². The Balaban J connectivity index is 0.000000807. The standard InChI is InChI=1S/C17H26BrN5O.C8H17N.C3H8.C2H6/c1-3-4-7-13(2)21-17-20-12-14(18)16(22-17)19-9-6-11-23-10-5-8-15(23)24;1-7(2)4-9-5-8(3)6-9;1-3-2;1-2/h7,12H,3-6,8-11H2,1-2H3,(H2,19,20,21,22);7-8H,4-6H2,1-3H3;3H2,1-2H3;1-2H3/b13-7+;;;. The number of nitrogens with one attached hydrogen (secondary N) is 2. The zero-order chi connectivity index (χ0) is 28.9. The van der Waals surface area contributed by atoms with E-state index in [-0.39, 0.29) is 5.91 Å². The number of carbonyl (C=O) groups excluding carboxylic acids is 1. The first-order valence-corrected chi connectivity index (χ1v) is 15.7. The predicted octanol–water partition coefficient (Wildman–Crippen LogP) is 7.82. The van der Waals surface area contributed by atoms with Gasteiger partial charge in [-0.15, -0.1) is 0 Å². The van der Waals surface area contributed by atoms with Gasteiger partial charge in [0.1, 0.15) is 5.82 Å². The molecule has 0 aliphatic carbocycles. The van der Waals surface area contributed by atoms with Gasteiger partial charge < -0.3 is 20.4 Å². The van der Waals surface area contributed by atoms with Crippen molar-refractivity contribution in [1.82, 2.24) is 19.8 Å². The second kappa shape index (κ2) is 22.2. The highest BCUT2D eigenvalue weighted by Gasteiger charge is 2.22. The largest absolute Gasteiger partial charge is 0.369 e. The second-order valence-corrected chi connectivity index (χ2v) is 11.2. The van der Waals surface area contributed by atoms with Crippen LogP contribution in [0.15, 0.2) is 22.4 Å². The van der Waals surface area contributed by atoms with Crippen LogP contribution in [0.1, 0.15) is 101 Å². The summed E-state index contributed by atoms with van der Waals surface area (Å²) in [5.41, 5.74) is 1.05. The van der Waals surface area contributed by atoms with E-state index in [2.05, 4.69) is 89.0 Å². The van der Waals surface area contributed by atoms with E-state index in [1.165, 1.54) is 26.1 Å². The van der Waals surface area contributed by atoms with Crippen molar-refractivity contribution in [3.8, 4) is 0 Å². The van der Waals surface area contributed by atoms with Gasteiger partial charge in [0, 0.05) is 57.6 Å². The molecular formula is C30H57BrN6O. The molecule has 220 valence electrons. The summed E-state index contributed by atoms with van der Waals surface area (Å²) in [6.07, 6.45) is 9.89. The summed E-state index contributed by atoms with van der Waals surface area (Å²) < 4.78 is 0.834. The molecule has 3 rings (SSSR count). The Bertz CT molecular complexity index is 780. The molecule has 1 aromatic rings. The van der Waals surface area contributed by atoms with Crippen LogP contribution in [-0.2, 0) is 4.79 Å². The molecule has 0 bridgehead atoms. The molecule has 2 saturated heterocycles. The highest BCUT2D eigenvalue weighted by atomic mass is 79.9. The number of unbranched alkanes of at least 4 members (excludes halogenated alkanes) is 1. The molecule has 2 fully saturated rings. The van der Waals surface area contributed by atoms with E-state index in [9.17, 15) is 4.79 Å². The lowest BCUT2D eigenvalue weighted by atomic mass is 10.0. The van der Waals surface area contributed by atoms with E-state index in [1.807, 2.05) is 25.7 Å². The monoisotopic (exact) mass is 596 g/mol. The van der Waals surface area contributed by atoms with Gasteiger partial charge in [0.05, 0.1) is 4.47 Å². The molecule has 0 radical (unpaired) electrons. The maximum absolute atomic E-state index is 11.6. The molecule has 0 spiro atoms. The van der Waals surface area contributed by atoms with E-state index in [0.717, 1.165) is 73.1 Å². The molecule has 8 heteroatoms. The minimum atomic E-state index is 0.277. The quantitative estimate of drug-likeness (QED) is 0.254. The van der Waals surface area contributed by atoms with Crippen LogP contribution in [0.3, 0.4) is 0 Å². The Kier molecular flexibility index (Phi) is 21.2. The van der Waals surface area contributed by atoms with Gasteiger partial charge in [-0.05, 0) is 54.0 Å². The molecule has 0 aromatic carbocycles. The topological polar surface area (TPSA) is 73.4 Å². The zero-order valence-corrected chi connectivity index (χ0v) is 27.5. The predicted molar refractivity (Wildman–Crippen MR) is 169 cm³/mol. The molecule has 2 aliphatic rings. The summed E-state index contributed by atoms with van der Waals surface area (Å²) in [6, 6.07) is 0. The molecular weight excluding hydrogens is 540 g/mol. The van der Waals surface area contributed by atoms with Gasteiger partial charge in [-0.25, -0.2) is 4.98 Å². The number of hydrogen-bond acceptors (Lipinski definition) is 6. The first-order chi connectivity index (χ1) is 18.2. The highest BCUT2D eigenvalue weighted by molar-refractivity contribution is 9.10. The number of halogens is 1. The third-order valence-electron chi connectivity index (χ3n) is 5.62. The van der Waals surface area contributed by atoms with Gasteiger partial charge in [-0.1, -0.05) is 74.3 Å². The van der Waals surface area contributed by atoms with Crippen LogP contribution in [0.2, 0.25) is 0 Å². The lowest BCUT2D eigenvalue weighted by Gasteiger charge is -2.38. The molecule has 2 N–H and O–H groups in total. The Hall–Kier alpha value is -1.67. The first kappa shape index (κ1) is 36.3. The molecule has 0 atom stereocenters. The Morgan fingerprint density at radius 3 is 2.42 bits per heavy atom. The first-order valence-electron chi connectivity index (χ1n) is 14.9. The third-order valence-corrected chi connectivity index (χ3v) is 6.20. The number of nitrogens with zero attached hydrogens (tertiary/aromatic N) is 4. The molecule has 0 saturated carbocycles. The van der Waals surface area contributed by atoms with E-state index in [0.29, 0.717) is 12.4 Å². The molecule has 38 heavy (non-hydrogen) atoms. The molecule has 0 unspecified atom stereocenters. The fourth-order valence-electron chi connectivity index (χ4n) is 4.05. The summed E-state index contributed by atoms with van der Waals surface area (Å²) in [4.78, 5) is 24.8. The summed E-state index contributed by atoms with van der Waals surface area (Å²) >= 11 is 3.47. The minimum absolute atomic E-state index is 0.277. The summed E-state index contributed by atoms with van der Waals surface area (Å²) in [5, 5.41) is 6.52. The van der Waals surface area contributed by atoms with Crippen molar-refractivity contribution >= 4 is 33.6 Å². The van der Waals surface area contributed by atoms with E-state index in [4.69, 9.17) is 0 Å². The number of rotatable bonds is 11. The van der Waals surface area contributed by atoms with Crippen LogP contribution in [0.25, 0.3) is 0 Å². The van der Waals surface area contributed by atoms with Gasteiger partial charge >= 0.3 is 0 Å². The van der Waals surface area contributed by atoms with Crippen molar-refractivity contribution in [2.75, 3.05) is 49.9 Å². The smallest absolute Gasteiger partial charge is 0.228 e. The third kappa shape index (κ3) is 16.3. The van der Waals surface area contributed by atoms with Gasteiger partial charge in [0.15, 0.2) is 0 Å². The minimum Gasteiger partial charge on any atom is -0.369 e. The van der Waals surface area contributed by atoms with Crippen LogP contribution in [0.4, 0.5) is 11.8 Å². The average Bonchev–Trinajstić information content (AvgIpc) is 3.27. The number of carbonyl (C=O) groups is 1. The SMILES string of the molecule is CC.CC(C)CN1CC(C)C1.CCC.CCC/C=C(\C)Nc1ncc(Br)c(NCCCN2CCCC2=O)n1. The fourth-order valence-corrected chi connectivity index (χ4v) is 4.38. The van der Waals surface area contributed by atoms with Crippen molar-refractivity contribution in [2.45, 2.75) is 101 Å². The fraction of sp³-hybridized carbons (Fsp3) is 0.767. The number of anilines is 2. The van der Waals surface area contributed by atoms with E-state index in [1.54, 1.807) is 6.20 Å². The van der Waals surface area contributed by atoms with Crippen molar-refractivity contribution in [2.24, 2.45) is 11.8 Å². The van der Waals surface area contributed by atoms with Crippen molar-refractivity contribution in [3.05, 3.63) is 22.4 Å². The summed E-state index contributed by atoms with van der Waals surface area (Å²) in [6.45, 7) is 25.7. The normalized spacial score (nSPS) is 15.5. The molecule has 1 aromatic heterocycles. The molecule has 7 nitrogen and oxygen atoms in total. The van der Waals surface area contributed by atoms with Crippen LogP contribution in [-0.4, -0.2) is 64.9 Å². The zero-order valence-electron chi connectivity index (χ0n) is 25.9. The van der Waals surface area contributed by atoms with Gasteiger partial charge in [0.25, 0.3) is 0 Å². The Morgan fingerprint density at radius 2 is 1.89 bits per heavy atom. The van der Waals surface area contributed by atoms with Crippen LogP contribution >= 0.6 is 15.9 Å². The van der Waals surface area contributed by atoms with E-state index >= 15 is 0 Å². The lowest BCUT2D eigenvalue weighted by Crippen LogP contribution is -2.46. The molecule has 3 heterocycles. The van der Waals surface area contributed by atoms with Crippen molar-refractivity contribution < 1.29 is 4.79 Å². The average molecular weight is 598 g/mol. The highest BCUT2D eigenvalue weighted by Crippen LogP contribution is 2.21. The maximum atomic E-state index is 11.6. The molecule has 1 amide bonds. The van der Waals surface area contributed by atoms with E-state index < -0.39 is 0 Å². The Labute approximate surface area is 242 Å². The van der Waals surface area contributed by atoms with Gasteiger partial charge in [0.2, 0.25) is 11.9 Å². The molecule has 2 aliphatic heterocycles. The second-order valence-electron chi connectivity index (χ2n) is 10.4.